The monoisotopic (exact) mass is 814 g/mol. The first kappa shape index (κ1) is 43.1. The summed E-state index contributed by atoms with van der Waals surface area (Å²) < 4.78 is 31.1. The number of fused-ring (bicyclic) bond motifs is 2. The summed E-state index contributed by atoms with van der Waals surface area (Å²) in [6.07, 6.45) is -9.12. The van der Waals surface area contributed by atoms with Crippen LogP contribution in [-0.2, 0) is 23.7 Å². The number of ether oxygens (including phenoxy) is 5. The Morgan fingerprint density at radius 2 is 1.23 bits per heavy atom. The van der Waals surface area contributed by atoms with Gasteiger partial charge in [0.2, 0.25) is 0 Å². The summed E-state index contributed by atoms with van der Waals surface area (Å²) in [7, 11) is 0. The van der Waals surface area contributed by atoms with Gasteiger partial charge in [-0.05, 0) is 117 Å². The summed E-state index contributed by atoms with van der Waals surface area (Å²) >= 11 is 0. The highest BCUT2D eigenvalue weighted by Crippen LogP contribution is 2.89. The van der Waals surface area contributed by atoms with E-state index in [4.69, 9.17) is 23.7 Å². The lowest BCUT2D eigenvalue weighted by molar-refractivity contribution is -0.334. The first-order valence-electron chi connectivity index (χ1n) is 21.5. The molecule has 0 radical (unpaired) electrons. The van der Waals surface area contributed by atoms with Crippen LogP contribution in [0.1, 0.15) is 106 Å². The molecular weight excluding hydrogens is 744 g/mol. The van der Waals surface area contributed by atoms with Gasteiger partial charge in [-0.2, -0.15) is 0 Å². The molecule has 15 nitrogen and oxygen atoms in total. The van der Waals surface area contributed by atoms with Crippen LogP contribution < -0.4 is 0 Å². The molecule has 5 saturated carbocycles. The zero-order chi connectivity index (χ0) is 41.6. The van der Waals surface area contributed by atoms with Gasteiger partial charge in [0.25, 0.3) is 0 Å². The maximum absolute atomic E-state index is 12.3. The van der Waals surface area contributed by atoms with Gasteiger partial charge in [-0.1, -0.05) is 27.7 Å². The molecule has 8 aliphatic rings. The standard InChI is InChI=1S/C42H70O15/c1-36(2)24(55-34-30(51)28(49)26(47)21(16-43)53-34)9-11-42-18-41(42)13-12-38(5)33(20(46)15-39(38,6)23(41)14-19(45)32(36)42)40(7)10-8-25(56-40)37(3,4)57-35-31(52)29(50)27(48)22(17-44)54-35/h19-35,43-52H,8-18H2,1-7H3/t19?,20-,21+,22+,23-,24?,25?,26+,27+,28-,29-,30+,31+,32-,33-,34-,35-,38+,39-,40-,41-,42+/m0/s1. The lowest BCUT2D eigenvalue weighted by Gasteiger charge is -2.64. The zero-order valence-corrected chi connectivity index (χ0v) is 34.6. The molecule has 15 heteroatoms. The second-order valence-corrected chi connectivity index (χ2v) is 21.5. The number of aliphatic hydroxyl groups is 10. The molecular formula is C42H70O15. The number of rotatable bonds is 8. The number of hydrogen-bond donors (Lipinski definition) is 10. The Morgan fingerprint density at radius 1 is 0.632 bits per heavy atom. The molecule has 0 amide bonds. The van der Waals surface area contributed by atoms with Crippen molar-refractivity contribution in [1.29, 1.82) is 0 Å². The van der Waals surface area contributed by atoms with E-state index in [0.29, 0.717) is 32.1 Å². The highest BCUT2D eigenvalue weighted by Gasteiger charge is 2.85. The Hall–Kier alpha value is -0.600. The third kappa shape index (κ3) is 5.92. The first-order chi connectivity index (χ1) is 26.5. The molecule has 3 saturated heterocycles. The van der Waals surface area contributed by atoms with Crippen molar-refractivity contribution >= 4 is 0 Å². The van der Waals surface area contributed by atoms with Gasteiger partial charge >= 0.3 is 0 Å². The molecule has 0 aromatic rings. The molecule has 57 heavy (non-hydrogen) atoms. The van der Waals surface area contributed by atoms with E-state index in [1.807, 2.05) is 13.8 Å². The predicted octanol–water partition coefficient (Wildman–Crippen LogP) is 0.0850. The highest BCUT2D eigenvalue weighted by atomic mass is 16.7. The van der Waals surface area contributed by atoms with Gasteiger partial charge in [-0.15, -0.1) is 0 Å². The Balaban J connectivity index is 0.996. The van der Waals surface area contributed by atoms with Crippen molar-refractivity contribution in [3.8, 4) is 0 Å². The molecule has 8 rings (SSSR count). The molecule has 22 atom stereocenters. The summed E-state index contributed by atoms with van der Waals surface area (Å²) in [5, 5.41) is 107. The van der Waals surface area contributed by atoms with E-state index >= 15 is 0 Å². The van der Waals surface area contributed by atoms with Crippen LogP contribution in [0, 0.1) is 44.8 Å². The van der Waals surface area contributed by atoms with E-state index in [1.54, 1.807) is 0 Å². The van der Waals surface area contributed by atoms with Crippen molar-refractivity contribution in [3.63, 3.8) is 0 Å². The van der Waals surface area contributed by atoms with Crippen LogP contribution in [0.3, 0.4) is 0 Å². The maximum Gasteiger partial charge on any atom is 0.187 e. The van der Waals surface area contributed by atoms with Crippen LogP contribution in [0.5, 0.6) is 0 Å². The summed E-state index contributed by atoms with van der Waals surface area (Å²) in [5.41, 5.74) is -2.99. The smallest absolute Gasteiger partial charge is 0.187 e. The Bertz CT molecular complexity index is 1510. The largest absolute Gasteiger partial charge is 0.394 e. The van der Waals surface area contributed by atoms with Crippen molar-refractivity contribution in [1.82, 2.24) is 0 Å². The van der Waals surface area contributed by atoms with Crippen molar-refractivity contribution < 1.29 is 74.7 Å². The van der Waals surface area contributed by atoms with Gasteiger partial charge in [0, 0.05) is 5.92 Å². The summed E-state index contributed by atoms with van der Waals surface area (Å²) in [4.78, 5) is 0. The normalized spacial score (nSPS) is 58.4. The zero-order valence-electron chi connectivity index (χ0n) is 34.6. The molecule has 3 heterocycles. The average molecular weight is 815 g/mol. The SMILES string of the molecule is CC(C)(O[C@@H]1O[C@H](CO)[C@@H](O)[C@H](O)[C@H]1O)C1CC[C@@](C)([C@H]2[C@@H](O)C[C@@]3(C)[C@@H]4CC(O)[C@H]5C(C)(C)C(O[C@@H]6O[C@H](CO)[C@@H](O)[C@H](O)[C@H]6O)CC[C@@]56C[C@@]46CC[C@]23C)O1. The Labute approximate surface area is 335 Å². The molecule has 328 valence electrons. The van der Waals surface area contributed by atoms with Crippen molar-refractivity contribution in [2.24, 2.45) is 44.8 Å². The van der Waals surface area contributed by atoms with Gasteiger partial charge in [0.05, 0.1) is 48.8 Å². The van der Waals surface area contributed by atoms with Crippen molar-refractivity contribution in [2.75, 3.05) is 13.2 Å². The van der Waals surface area contributed by atoms with Crippen LogP contribution in [0.15, 0.2) is 0 Å². The van der Waals surface area contributed by atoms with Crippen LogP contribution >= 0.6 is 0 Å². The second kappa shape index (κ2) is 14.0. The topological polar surface area (TPSA) is 248 Å². The lowest BCUT2D eigenvalue weighted by atomic mass is 9.41. The van der Waals surface area contributed by atoms with E-state index in [2.05, 4.69) is 34.6 Å². The molecule has 5 aliphatic carbocycles. The molecule has 3 unspecified atom stereocenters. The Kier molecular flexibility index (Phi) is 10.5. The van der Waals surface area contributed by atoms with E-state index < -0.39 is 116 Å². The van der Waals surface area contributed by atoms with Gasteiger partial charge in [-0.25, -0.2) is 0 Å². The van der Waals surface area contributed by atoms with Crippen molar-refractivity contribution in [3.05, 3.63) is 0 Å². The molecule has 8 fully saturated rings. The molecule has 3 aliphatic heterocycles. The molecule has 0 bridgehead atoms. The van der Waals surface area contributed by atoms with E-state index in [1.165, 1.54) is 0 Å². The second-order valence-electron chi connectivity index (χ2n) is 21.5. The Morgan fingerprint density at radius 3 is 1.84 bits per heavy atom. The molecule has 10 N–H and O–H groups in total. The summed E-state index contributed by atoms with van der Waals surface area (Å²) in [5.74, 6) is -0.133. The van der Waals surface area contributed by atoms with Gasteiger partial charge in [0.15, 0.2) is 12.6 Å². The van der Waals surface area contributed by atoms with Crippen LogP contribution in [0.2, 0.25) is 0 Å². The van der Waals surface area contributed by atoms with Crippen LogP contribution in [0.25, 0.3) is 0 Å². The minimum Gasteiger partial charge on any atom is -0.394 e. The maximum atomic E-state index is 12.3. The molecule has 0 aromatic carbocycles. The third-order valence-electron chi connectivity index (χ3n) is 18.1. The van der Waals surface area contributed by atoms with Gasteiger partial charge < -0.3 is 74.7 Å². The molecule has 2 spiro atoms. The quantitative estimate of drug-likeness (QED) is 0.146. The highest BCUT2D eigenvalue weighted by molar-refractivity contribution is 5.33. The third-order valence-corrected chi connectivity index (χ3v) is 18.1. The minimum absolute atomic E-state index is 0.00759. The fraction of sp³-hybridized carbons (Fsp3) is 1.00. The predicted molar refractivity (Wildman–Crippen MR) is 200 cm³/mol. The summed E-state index contributed by atoms with van der Waals surface area (Å²) in [6, 6.07) is 0. The lowest BCUT2D eigenvalue weighted by Crippen LogP contribution is -2.64. The molecule has 0 aromatic heterocycles. The minimum atomic E-state index is -1.56. The van der Waals surface area contributed by atoms with Crippen LogP contribution in [0.4, 0.5) is 0 Å². The van der Waals surface area contributed by atoms with E-state index in [0.717, 1.165) is 25.7 Å². The summed E-state index contributed by atoms with van der Waals surface area (Å²) in [6.45, 7) is 13.6. The van der Waals surface area contributed by atoms with Gasteiger partial charge in [0.1, 0.15) is 48.8 Å². The fourth-order valence-electron chi connectivity index (χ4n) is 15.2. The average Bonchev–Trinajstić information content (AvgIpc) is 3.50. The number of aliphatic hydroxyl groups excluding tert-OH is 10. The van der Waals surface area contributed by atoms with Crippen molar-refractivity contribution in [2.45, 2.75) is 203 Å². The van der Waals surface area contributed by atoms with Gasteiger partial charge in [-0.3, -0.25) is 0 Å². The fourth-order valence-corrected chi connectivity index (χ4v) is 15.2. The first-order valence-corrected chi connectivity index (χ1v) is 21.5. The van der Waals surface area contributed by atoms with Crippen LogP contribution in [-0.4, -0.2) is 161 Å². The number of hydrogen-bond acceptors (Lipinski definition) is 15. The van der Waals surface area contributed by atoms with E-state index in [-0.39, 0.29) is 39.4 Å². The van der Waals surface area contributed by atoms with E-state index in [9.17, 15) is 51.1 Å².